The molecule has 0 N–H and O–H groups in total. The molecule has 2 aromatic carbocycles. The molecule has 0 atom stereocenters. The highest BCUT2D eigenvalue weighted by atomic mass is 127. The van der Waals surface area contributed by atoms with Gasteiger partial charge in [0, 0.05) is 5.56 Å². The molecule has 0 spiro atoms. The fourth-order valence-electron chi connectivity index (χ4n) is 2.08. The van der Waals surface area contributed by atoms with Crippen molar-refractivity contribution >= 4 is 34.4 Å². The zero-order chi connectivity index (χ0) is 13.9. The molecule has 0 bridgehead atoms. The van der Waals surface area contributed by atoms with Gasteiger partial charge < -0.3 is 0 Å². The van der Waals surface area contributed by atoms with Crippen molar-refractivity contribution in [2.45, 2.75) is 5.03 Å². The lowest BCUT2D eigenvalue weighted by molar-refractivity contribution is 0.804. The molecule has 3 rings (SSSR count). The van der Waals surface area contributed by atoms with Crippen LogP contribution < -0.4 is 0 Å². The fraction of sp³-hybridized carbons (Fsp3) is 0.0625. The summed E-state index contributed by atoms with van der Waals surface area (Å²) in [6.07, 6.45) is 2.09. The Hall–Kier alpha value is -1.27. The minimum Gasteiger partial charge on any atom is -0.226 e. The standard InChI is InChI=1S/C16H13IN2S/c1-20-16-14(17)15(12-8-4-2-5-9-12)18-19(16)13-10-6-3-7-11-13/h2-11H,1H3. The number of hydrogen-bond donors (Lipinski definition) is 0. The lowest BCUT2D eigenvalue weighted by atomic mass is 10.2. The van der Waals surface area contributed by atoms with E-state index < -0.39 is 0 Å². The van der Waals surface area contributed by atoms with E-state index in [2.05, 4.69) is 53.1 Å². The van der Waals surface area contributed by atoms with E-state index in [0.29, 0.717) is 0 Å². The van der Waals surface area contributed by atoms with E-state index in [9.17, 15) is 0 Å². The quantitative estimate of drug-likeness (QED) is 0.468. The van der Waals surface area contributed by atoms with Crippen LogP contribution in [0.3, 0.4) is 0 Å². The molecule has 0 aliphatic rings. The Kier molecular flexibility index (Phi) is 4.12. The lowest BCUT2D eigenvalue weighted by Crippen LogP contribution is -1.97. The van der Waals surface area contributed by atoms with Crippen molar-refractivity contribution in [3.8, 4) is 16.9 Å². The second-order valence-corrected chi connectivity index (χ2v) is 6.16. The molecule has 0 amide bonds. The van der Waals surface area contributed by atoms with Gasteiger partial charge in [0.15, 0.2) is 0 Å². The molecule has 1 aromatic heterocycles. The summed E-state index contributed by atoms with van der Waals surface area (Å²) in [5, 5.41) is 5.99. The van der Waals surface area contributed by atoms with Crippen molar-refractivity contribution in [1.29, 1.82) is 0 Å². The van der Waals surface area contributed by atoms with Gasteiger partial charge in [0.05, 0.1) is 9.26 Å². The predicted octanol–water partition coefficient (Wildman–Crippen LogP) is 4.87. The van der Waals surface area contributed by atoms with Gasteiger partial charge in [-0.25, -0.2) is 4.68 Å². The molecule has 20 heavy (non-hydrogen) atoms. The number of para-hydroxylation sites is 1. The number of benzene rings is 2. The van der Waals surface area contributed by atoms with Gasteiger partial charge in [-0.3, -0.25) is 0 Å². The summed E-state index contributed by atoms with van der Waals surface area (Å²) in [5.74, 6) is 0. The Morgan fingerprint density at radius 3 is 2.15 bits per heavy atom. The summed E-state index contributed by atoms with van der Waals surface area (Å²) in [4.78, 5) is 0. The minimum absolute atomic E-state index is 1.04. The summed E-state index contributed by atoms with van der Waals surface area (Å²) in [5.41, 5.74) is 3.29. The van der Waals surface area contributed by atoms with Crippen LogP contribution in [0.15, 0.2) is 65.7 Å². The Morgan fingerprint density at radius 1 is 0.950 bits per heavy atom. The van der Waals surface area contributed by atoms with Crippen molar-refractivity contribution in [3.05, 3.63) is 64.2 Å². The number of aromatic nitrogens is 2. The average Bonchev–Trinajstić information content (AvgIpc) is 2.86. The maximum Gasteiger partial charge on any atom is 0.114 e. The highest BCUT2D eigenvalue weighted by molar-refractivity contribution is 14.1. The molecule has 0 saturated carbocycles. The molecule has 0 aliphatic carbocycles. The molecule has 100 valence electrons. The molecule has 0 fully saturated rings. The normalized spacial score (nSPS) is 10.7. The number of rotatable bonds is 3. The Bertz CT molecular complexity index is 708. The molecular formula is C16H13IN2S. The first-order valence-electron chi connectivity index (χ1n) is 6.24. The molecule has 4 heteroatoms. The van der Waals surface area contributed by atoms with Crippen LogP contribution in [-0.4, -0.2) is 16.0 Å². The second-order valence-electron chi connectivity index (χ2n) is 4.29. The fourth-order valence-corrected chi connectivity index (χ4v) is 3.99. The van der Waals surface area contributed by atoms with Crippen LogP contribution in [0, 0.1) is 3.57 Å². The van der Waals surface area contributed by atoms with E-state index in [1.807, 2.05) is 41.1 Å². The molecule has 0 radical (unpaired) electrons. The van der Waals surface area contributed by atoms with E-state index in [0.717, 1.165) is 16.9 Å². The van der Waals surface area contributed by atoms with Gasteiger partial charge in [0.1, 0.15) is 10.7 Å². The SMILES string of the molecule is CSc1c(I)c(-c2ccccc2)nn1-c1ccccc1. The van der Waals surface area contributed by atoms with Crippen LogP contribution in [0.5, 0.6) is 0 Å². The van der Waals surface area contributed by atoms with Crippen LogP contribution in [0.4, 0.5) is 0 Å². The van der Waals surface area contributed by atoms with Gasteiger partial charge in [-0.05, 0) is 41.0 Å². The maximum absolute atomic E-state index is 4.81. The van der Waals surface area contributed by atoms with E-state index in [4.69, 9.17) is 5.10 Å². The van der Waals surface area contributed by atoms with Crippen LogP contribution >= 0.6 is 34.4 Å². The molecule has 0 unspecified atom stereocenters. The van der Waals surface area contributed by atoms with Gasteiger partial charge in [0.25, 0.3) is 0 Å². The van der Waals surface area contributed by atoms with E-state index >= 15 is 0 Å². The number of halogens is 1. The van der Waals surface area contributed by atoms with Crippen LogP contribution in [0.25, 0.3) is 16.9 Å². The Labute approximate surface area is 136 Å². The van der Waals surface area contributed by atoms with Crippen molar-refractivity contribution < 1.29 is 0 Å². The van der Waals surface area contributed by atoms with Gasteiger partial charge in [-0.1, -0.05) is 48.5 Å². The first kappa shape index (κ1) is 13.7. The molecule has 0 saturated heterocycles. The third-order valence-electron chi connectivity index (χ3n) is 3.03. The first-order chi connectivity index (χ1) is 9.81. The summed E-state index contributed by atoms with van der Waals surface area (Å²) < 4.78 is 3.22. The molecule has 1 heterocycles. The molecule has 2 nitrogen and oxygen atoms in total. The smallest absolute Gasteiger partial charge is 0.114 e. The highest BCUT2D eigenvalue weighted by Crippen LogP contribution is 2.33. The minimum atomic E-state index is 1.04. The van der Waals surface area contributed by atoms with Gasteiger partial charge in [-0.2, -0.15) is 5.10 Å². The van der Waals surface area contributed by atoms with E-state index in [1.165, 1.54) is 8.60 Å². The highest BCUT2D eigenvalue weighted by Gasteiger charge is 2.17. The molecular weight excluding hydrogens is 379 g/mol. The third kappa shape index (κ3) is 2.50. The number of thioether (sulfide) groups is 1. The maximum atomic E-state index is 4.81. The van der Waals surface area contributed by atoms with E-state index in [1.54, 1.807) is 11.8 Å². The zero-order valence-electron chi connectivity index (χ0n) is 11.0. The summed E-state index contributed by atoms with van der Waals surface area (Å²) >= 11 is 4.11. The predicted molar refractivity (Wildman–Crippen MR) is 93.5 cm³/mol. The number of nitrogens with zero attached hydrogens (tertiary/aromatic N) is 2. The Morgan fingerprint density at radius 2 is 1.55 bits per heavy atom. The molecule has 0 aliphatic heterocycles. The van der Waals surface area contributed by atoms with Crippen LogP contribution in [0.1, 0.15) is 0 Å². The molecule has 3 aromatic rings. The van der Waals surface area contributed by atoms with Gasteiger partial charge in [-0.15, -0.1) is 11.8 Å². The van der Waals surface area contributed by atoms with Crippen molar-refractivity contribution in [1.82, 2.24) is 9.78 Å². The van der Waals surface area contributed by atoms with Crippen molar-refractivity contribution in [2.24, 2.45) is 0 Å². The summed E-state index contributed by atoms with van der Waals surface area (Å²) in [7, 11) is 0. The largest absolute Gasteiger partial charge is 0.226 e. The Balaban J connectivity index is 2.18. The second kappa shape index (κ2) is 6.01. The monoisotopic (exact) mass is 392 g/mol. The van der Waals surface area contributed by atoms with Crippen molar-refractivity contribution in [2.75, 3.05) is 6.26 Å². The first-order valence-corrected chi connectivity index (χ1v) is 8.55. The van der Waals surface area contributed by atoms with Gasteiger partial charge in [0.2, 0.25) is 0 Å². The van der Waals surface area contributed by atoms with Crippen LogP contribution in [0.2, 0.25) is 0 Å². The third-order valence-corrected chi connectivity index (χ3v) is 5.18. The average molecular weight is 392 g/mol. The van der Waals surface area contributed by atoms with Crippen LogP contribution in [-0.2, 0) is 0 Å². The summed E-state index contributed by atoms with van der Waals surface area (Å²) in [6, 6.07) is 20.6. The zero-order valence-corrected chi connectivity index (χ0v) is 13.9. The summed E-state index contributed by atoms with van der Waals surface area (Å²) in [6.45, 7) is 0. The van der Waals surface area contributed by atoms with Gasteiger partial charge >= 0.3 is 0 Å². The topological polar surface area (TPSA) is 17.8 Å². The lowest BCUT2D eigenvalue weighted by Gasteiger charge is -2.04. The van der Waals surface area contributed by atoms with Crippen molar-refractivity contribution in [3.63, 3.8) is 0 Å². The van der Waals surface area contributed by atoms with E-state index in [-0.39, 0.29) is 0 Å². The number of hydrogen-bond acceptors (Lipinski definition) is 2.